The number of H-pyrrole nitrogens is 1. The molecule has 12 N–H and O–H groups in total. The average molecular weight is 626 g/mol. The summed E-state index contributed by atoms with van der Waals surface area (Å²) >= 11 is 0. The highest BCUT2D eigenvalue weighted by atomic mass is 16.4. The molecule has 44 heavy (non-hydrogen) atoms. The van der Waals surface area contributed by atoms with Gasteiger partial charge in [-0.3, -0.25) is 33.6 Å². The minimum Gasteiger partial charge on any atom is -0.481 e. The van der Waals surface area contributed by atoms with Gasteiger partial charge in [-0.15, -0.1) is 0 Å². The van der Waals surface area contributed by atoms with Crippen LogP contribution in [0.4, 0.5) is 0 Å². The zero-order valence-corrected chi connectivity index (χ0v) is 24.4. The Balaban J connectivity index is 2.76. The fourth-order valence-corrected chi connectivity index (χ4v) is 3.66. The lowest BCUT2D eigenvalue weighted by atomic mass is 10.0. The topological polar surface area (TPSA) is 318 Å². The highest BCUT2D eigenvalue weighted by molar-refractivity contribution is 5.96. The van der Waals surface area contributed by atoms with E-state index in [1.54, 1.807) is 0 Å². The number of carbonyl (C=O) groups is 8. The Hall–Kier alpha value is -5.07. The fourth-order valence-electron chi connectivity index (χ4n) is 3.66. The van der Waals surface area contributed by atoms with Gasteiger partial charge in [-0.25, -0.2) is 9.78 Å². The van der Waals surface area contributed by atoms with Crippen LogP contribution in [0, 0.1) is 5.92 Å². The lowest BCUT2D eigenvalue weighted by molar-refractivity contribution is -0.144. The van der Waals surface area contributed by atoms with Gasteiger partial charge in [-0.2, -0.15) is 0 Å². The van der Waals surface area contributed by atoms with Crippen molar-refractivity contribution in [2.24, 2.45) is 17.4 Å². The van der Waals surface area contributed by atoms with Crippen LogP contribution in [0.2, 0.25) is 0 Å². The van der Waals surface area contributed by atoms with Gasteiger partial charge in [-0.1, -0.05) is 13.8 Å². The van der Waals surface area contributed by atoms with E-state index >= 15 is 0 Å². The molecule has 6 amide bonds. The van der Waals surface area contributed by atoms with Crippen LogP contribution >= 0.6 is 0 Å². The molecule has 0 saturated heterocycles. The van der Waals surface area contributed by atoms with Crippen LogP contribution in [0.25, 0.3) is 0 Å². The van der Waals surface area contributed by atoms with Crippen molar-refractivity contribution in [2.45, 2.75) is 76.7 Å². The van der Waals surface area contributed by atoms with E-state index in [2.05, 4.69) is 36.6 Å². The van der Waals surface area contributed by atoms with E-state index in [4.69, 9.17) is 16.6 Å². The first-order chi connectivity index (χ1) is 20.5. The minimum atomic E-state index is -1.65. The quantitative estimate of drug-likeness (QED) is 0.0700. The number of carboxylic acid groups (broad SMARTS) is 2. The van der Waals surface area contributed by atoms with E-state index < -0.39 is 96.5 Å². The molecule has 0 aliphatic heterocycles. The van der Waals surface area contributed by atoms with E-state index in [1.165, 1.54) is 33.3 Å². The molecule has 0 spiro atoms. The molecule has 244 valence electrons. The molecule has 0 bridgehead atoms. The van der Waals surface area contributed by atoms with Crippen LogP contribution in [0.1, 0.15) is 45.7 Å². The normalized spacial score (nSPS) is 14.2. The number of carboxylic acids is 2. The van der Waals surface area contributed by atoms with Crippen molar-refractivity contribution < 1.29 is 48.6 Å². The zero-order chi connectivity index (χ0) is 33.6. The number of amides is 6. The van der Waals surface area contributed by atoms with Crippen molar-refractivity contribution in [1.29, 1.82) is 0 Å². The third-order valence-electron chi connectivity index (χ3n) is 6.08. The average Bonchev–Trinajstić information content (AvgIpc) is 3.44. The first-order valence-electron chi connectivity index (χ1n) is 13.5. The number of nitrogens with zero attached hydrogens (tertiary/aromatic N) is 1. The van der Waals surface area contributed by atoms with Gasteiger partial charge in [0.05, 0.1) is 25.3 Å². The summed E-state index contributed by atoms with van der Waals surface area (Å²) < 4.78 is 0. The van der Waals surface area contributed by atoms with E-state index in [9.17, 15) is 43.5 Å². The summed E-state index contributed by atoms with van der Waals surface area (Å²) in [6.45, 7) is 3.57. The summed E-state index contributed by atoms with van der Waals surface area (Å²) in [6, 6.07) is -6.63. The number of primary amides is 1. The van der Waals surface area contributed by atoms with E-state index in [0.29, 0.717) is 5.69 Å². The number of rotatable bonds is 19. The molecule has 0 saturated carbocycles. The van der Waals surface area contributed by atoms with Gasteiger partial charge in [-0.05, 0) is 19.3 Å². The van der Waals surface area contributed by atoms with Gasteiger partial charge in [0.1, 0.15) is 24.2 Å². The maximum Gasteiger partial charge on any atom is 0.326 e. The maximum atomic E-state index is 12.9. The Morgan fingerprint density at radius 3 is 2.05 bits per heavy atom. The fraction of sp³-hybridized carbons (Fsp3) is 0.560. The van der Waals surface area contributed by atoms with Gasteiger partial charge in [0.2, 0.25) is 35.4 Å². The number of aromatic nitrogens is 2. The van der Waals surface area contributed by atoms with E-state index in [0.717, 1.165) is 0 Å². The van der Waals surface area contributed by atoms with Crippen molar-refractivity contribution in [3.8, 4) is 0 Å². The molecule has 1 heterocycles. The van der Waals surface area contributed by atoms with Gasteiger partial charge in [0.15, 0.2) is 0 Å². The number of hydrogen-bond acceptors (Lipinski definition) is 10. The number of hydrogen-bond donors (Lipinski definition) is 10. The molecule has 19 nitrogen and oxygen atoms in total. The summed E-state index contributed by atoms with van der Waals surface area (Å²) in [4.78, 5) is 103. The zero-order valence-electron chi connectivity index (χ0n) is 24.4. The largest absolute Gasteiger partial charge is 0.481 e. The van der Waals surface area contributed by atoms with Crippen molar-refractivity contribution in [3.63, 3.8) is 0 Å². The van der Waals surface area contributed by atoms with E-state index in [1.807, 2.05) is 0 Å². The molecule has 5 atom stereocenters. The summed E-state index contributed by atoms with van der Waals surface area (Å²) in [5.74, 6) is -8.57. The number of aromatic amines is 1. The Kier molecular flexibility index (Phi) is 14.9. The van der Waals surface area contributed by atoms with Crippen LogP contribution in [0.3, 0.4) is 0 Å². The second-order valence-electron chi connectivity index (χ2n) is 10.2. The molecule has 0 aromatic carbocycles. The maximum absolute atomic E-state index is 12.9. The second-order valence-corrected chi connectivity index (χ2v) is 10.2. The predicted octanol–water partition coefficient (Wildman–Crippen LogP) is -4.16. The number of imidazole rings is 1. The number of aliphatic carboxylic acids is 2. The Bertz CT molecular complexity index is 1200. The smallest absolute Gasteiger partial charge is 0.326 e. The standard InChI is InChI=1S/C25H39N9O10/c1-11(2)20(25(43)44)34-24(42)16(7-19(37)38)32-18(36)9-29-21(39)12(3)31-23(41)15(4-5-17(27)35)33-22(40)14(26)6-13-8-28-10-30-13/h8,10-12,14-16,20H,4-7,9,26H2,1-3H3,(H2,27,35)(H,28,30)(H,29,39)(H,31,41)(H,32,36)(H,33,40)(H,34,42)(H,37,38)(H,43,44)/t12-,14-,15-,16-,20-/m0/s1. The lowest BCUT2D eigenvalue weighted by Gasteiger charge is -2.23. The predicted molar refractivity (Wildman–Crippen MR) is 150 cm³/mol. The van der Waals surface area contributed by atoms with E-state index in [-0.39, 0.29) is 19.3 Å². The van der Waals surface area contributed by atoms with Crippen LogP contribution < -0.4 is 38.1 Å². The third kappa shape index (κ3) is 13.3. The first kappa shape index (κ1) is 37.0. The SMILES string of the molecule is CC(C)[C@H](NC(=O)[C@H](CC(=O)O)NC(=O)CNC(=O)[C@H](C)NC(=O)[C@H](CCC(N)=O)NC(=O)[C@@H](N)Cc1cnc[nH]1)C(=O)O. The molecule has 1 aromatic rings. The summed E-state index contributed by atoms with van der Waals surface area (Å²) in [6.07, 6.45) is 1.59. The van der Waals surface area contributed by atoms with Crippen LogP contribution in [0.15, 0.2) is 12.5 Å². The third-order valence-corrected chi connectivity index (χ3v) is 6.08. The van der Waals surface area contributed by atoms with Crippen LogP contribution in [0.5, 0.6) is 0 Å². The number of nitrogens with one attached hydrogen (secondary N) is 6. The Labute approximate surface area is 251 Å². The van der Waals surface area contributed by atoms with Crippen molar-refractivity contribution in [1.82, 2.24) is 36.6 Å². The Morgan fingerprint density at radius 1 is 0.886 bits per heavy atom. The van der Waals surface area contributed by atoms with Gasteiger partial charge < -0.3 is 53.2 Å². The summed E-state index contributed by atoms with van der Waals surface area (Å²) in [5.41, 5.74) is 11.6. The van der Waals surface area contributed by atoms with Crippen molar-refractivity contribution in [3.05, 3.63) is 18.2 Å². The van der Waals surface area contributed by atoms with Gasteiger partial charge >= 0.3 is 11.9 Å². The highest BCUT2D eigenvalue weighted by Gasteiger charge is 2.31. The molecule has 19 heteroatoms. The molecule has 1 aromatic heterocycles. The van der Waals surface area contributed by atoms with Crippen LogP contribution in [-0.2, 0) is 44.8 Å². The second kappa shape index (κ2) is 17.8. The monoisotopic (exact) mass is 625 g/mol. The molecule has 0 fully saturated rings. The summed E-state index contributed by atoms with van der Waals surface area (Å²) in [7, 11) is 0. The molecule has 0 radical (unpaired) electrons. The molecular formula is C25H39N9O10. The van der Waals surface area contributed by atoms with Crippen molar-refractivity contribution >= 4 is 47.4 Å². The molecule has 0 aliphatic rings. The summed E-state index contributed by atoms with van der Waals surface area (Å²) in [5, 5.41) is 29.6. The minimum absolute atomic E-state index is 0.0731. The molecule has 1 rings (SSSR count). The molecule has 0 aliphatic carbocycles. The number of nitrogens with two attached hydrogens (primary N) is 2. The lowest BCUT2D eigenvalue weighted by Crippen LogP contribution is -2.57. The number of carbonyl (C=O) groups excluding carboxylic acids is 6. The molecular weight excluding hydrogens is 586 g/mol. The Morgan fingerprint density at radius 2 is 1.52 bits per heavy atom. The van der Waals surface area contributed by atoms with Crippen LogP contribution in [-0.4, -0.2) is 104 Å². The molecule has 0 unspecified atom stereocenters. The highest BCUT2D eigenvalue weighted by Crippen LogP contribution is 2.04. The van der Waals surface area contributed by atoms with Gasteiger partial charge in [0.25, 0.3) is 0 Å². The van der Waals surface area contributed by atoms with Gasteiger partial charge in [0, 0.05) is 24.7 Å². The van der Waals surface area contributed by atoms with Crippen molar-refractivity contribution in [2.75, 3.05) is 6.54 Å². The first-order valence-corrected chi connectivity index (χ1v) is 13.5.